The van der Waals surface area contributed by atoms with E-state index in [9.17, 15) is 0 Å². The van der Waals surface area contributed by atoms with E-state index in [1.807, 2.05) is 0 Å². The Morgan fingerprint density at radius 2 is 1.74 bits per heavy atom. The second-order valence-electron chi connectivity index (χ2n) is 6.47. The number of unbranched alkanes of at least 4 members (excludes halogenated alkanes) is 4. The quantitative estimate of drug-likeness (QED) is 0.627. The monoisotopic (exact) mass is 269 g/mol. The Balaban J connectivity index is 2.27. The fraction of sp³-hybridized carbons (Fsp3) is 1.00. The highest BCUT2D eigenvalue weighted by Gasteiger charge is 2.33. The summed E-state index contributed by atoms with van der Waals surface area (Å²) in [5.41, 5.74) is 0. The van der Waals surface area contributed by atoms with Gasteiger partial charge in [0.05, 0.1) is 6.10 Å². The number of likely N-dealkylation sites (N-methyl/N-ethyl adjacent to an activating group) is 1. The Bertz CT molecular complexity index is 219. The molecular formula is C17H35NO. The second-order valence-corrected chi connectivity index (χ2v) is 6.47. The molecule has 0 heterocycles. The van der Waals surface area contributed by atoms with Crippen LogP contribution in [0.1, 0.15) is 72.6 Å². The maximum Gasteiger partial charge on any atom is 0.0753 e. The molecule has 0 radical (unpaired) electrons. The maximum atomic E-state index is 6.23. The van der Waals surface area contributed by atoms with Gasteiger partial charge in [0.1, 0.15) is 0 Å². The fourth-order valence-corrected chi connectivity index (χ4v) is 3.50. The van der Waals surface area contributed by atoms with E-state index in [0.717, 1.165) is 19.1 Å². The molecule has 4 atom stereocenters. The SMILES string of the molecule is CCCCCCCOC1C(C)CC(C)CC1NCC. The van der Waals surface area contributed by atoms with Crippen LogP contribution in [-0.4, -0.2) is 25.3 Å². The number of ether oxygens (including phenoxy) is 1. The van der Waals surface area contributed by atoms with Crippen LogP contribution in [0.3, 0.4) is 0 Å². The standard InChI is InChI=1S/C17H35NO/c1-5-7-8-9-10-11-19-17-15(4)12-14(3)13-16(17)18-6-2/h14-18H,5-13H2,1-4H3. The first kappa shape index (κ1) is 17.0. The fourth-order valence-electron chi connectivity index (χ4n) is 3.50. The minimum absolute atomic E-state index is 0.433. The Hall–Kier alpha value is -0.0800. The lowest BCUT2D eigenvalue weighted by molar-refractivity contribution is -0.0385. The summed E-state index contributed by atoms with van der Waals surface area (Å²) in [7, 11) is 0. The Labute approximate surface area is 120 Å². The van der Waals surface area contributed by atoms with Crippen molar-refractivity contribution in [1.29, 1.82) is 0 Å². The normalized spacial score (nSPS) is 31.6. The van der Waals surface area contributed by atoms with Crippen molar-refractivity contribution < 1.29 is 4.74 Å². The number of nitrogens with one attached hydrogen (secondary N) is 1. The van der Waals surface area contributed by atoms with E-state index in [1.165, 1.54) is 44.9 Å². The van der Waals surface area contributed by atoms with Crippen LogP contribution in [0.2, 0.25) is 0 Å². The van der Waals surface area contributed by atoms with E-state index in [4.69, 9.17) is 4.74 Å². The van der Waals surface area contributed by atoms with Gasteiger partial charge in [-0.15, -0.1) is 0 Å². The largest absolute Gasteiger partial charge is 0.376 e. The molecule has 0 saturated heterocycles. The molecule has 1 aliphatic carbocycles. The van der Waals surface area contributed by atoms with Gasteiger partial charge >= 0.3 is 0 Å². The molecule has 2 nitrogen and oxygen atoms in total. The molecule has 0 aromatic rings. The Kier molecular flexibility index (Phi) is 8.72. The van der Waals surface area contributed by atoms with Gasteiger partial charge in [-0.05, 0) is 37.6 Å². The van der Waals surface area contributed by atoms with Gasteiger partial charge in [0, 0.05) is 12.6 Å². The van der Waals surface area contributed by atoms with E-state index in [0.29, 0.717) is 18.1 Å². The second kappa shape index (κ2) is 9.77. The van der Waals surface area contributed by atoms with Gasteiger partial charge in [-0.2, -0.15) is 0 Å². The first-order valence-electron chi connectivity index (χ1n) is 8.54. The molecular weight excluding hydrogens is 234 g/mol. The molecule has 0 bridgehead atoms. The van der Waals surface area contributed by atoms with Crippen molar-refractivity contribution in [2.45, 2.75) is 84.8 Å². The Morgan fingerprint density at radius 1 is 1.00 bits per heavy atom. The molecule has 1 N–H and O–H groups in total. The summed E-state index contributed by atoms with van der Waals surface area (Å²) in [6.07, 6.45) is 9.66. The number of hydrogen-bond donors (Lipinski definition) is 1. The van der Waals surface area contributed by atoms with Gasteiger partial charge in [0.25, 0.3) is 0 Å². The first-order chi connectivity index (χ1) is 9.19. The highest BCUT2D eigenvalue weighted by Crippen LogP contribution is 2.31. The van der Waals surface area contributed by atoms with E-state index in [2.05, 4.69) is 33.0 Å². The van der Waals surface area contributed by atoms with Crippen LogP contribution < -0.4 is 5.32 Å². The lowest BCUT2D eigenvalue weighted by Crippen LogP contribution is -2.49. The number of hydrogen-bond acceptors (Lipinski definition) is 2. The summed E-state index contributed by atoms with van der Waals surface area (Å²) < 4.78 is 6.23. The van der Waals surface area contributed by atoms with E-state index in [1.54, 1.807) is 0 Å². The van der Waals surface area contributed by atoms with Crippen LogP contribution in [0.25, 0.3) is 0 Å². The molecule has 2 heteroatoms. The summed E-state index contributed by atoms with van der Waals surface area (Å²) in [5.74, 6) is 1.53. The molecule has 1 saturated carbocycles. The van der Waals surface area contributed by atoms with Crippen molar-refractivity contribution >= 4 is 0 Å². The zero-order chi connectivity index (χ0) is 14.1. The predicted octanol–water partition coefficient (Wildman–Crippen LogP) is 4.39. The van der Waals surface area contributed by atoms with Crippen LogP contribution in [0.5, 0.6) is 0 Å². The number of rotatable bonds is 9. The van der Waals surface area contributed by atoms with Crippen molar-refractivity contribution in [1.82, 2.24) is 5.32 Å². The smallest absolute Gasteiger partial charge is 0.0753 e. The van der Waals surface area contributed by atoms with E-state index < -0.39 is 0 Å². The van der Waals surface area contributed by atoms with Crippen LogP contribution >= 0.6 is 0 Å². The van der Waals surface area contributed by atoms with Gasteiger partial charge in [0.15, 0.2) is 0 Å². The molecule has 114 valence electrons. The average Bonchev–Trinajstić information content (AvgIpc) is 2.36. The van der Waals surface area contributed by atoms with Gasteiger partial charge in [-0.3, -0.25) is 0 Å². The molecule has 19 heavy (non-hydrogen) atoms. The molecule has 0 amide bonds. The van der Waals surface area contributed by atoms with Gasteiger partial charge in [-0.1, -0.05) is 53.4 Å². The van der Waals surface area contributed by atoms with Gasteiger partial charge < -0.3 is 10.1 Å². The van der Waals surface area contributed by atoms with Crippen molar-refractivity contribution in [3.05, 3.63) is 0 Å². The highest BCUT2D eigenvalue weighted by atomic mass is 16.5. The maximum absolute atomic E-state index is 6.23. The van der Waals surface area contributed by atoms with E-state index in [-0.39, 0.29) is 0 Å². The summed E-state index contributed by atoms with van der Waals surface area (Å²) >= 11 is 0. The van der Waals surface area contributed by atoms with Crippen molar-refractivity contribution in [3.8, 4) is 0 Å². The van der Waals surface area contributed by atoms with Crippen molar-refractivity contribution in [2.75, 3.05) is 13.2 Å². The molecule has 1 rings (SSSR count). The summed E-state index contributed by atoms with van der Waals surface area (Å²) in [4.78, 5) is 0. The lowest BCUT2D eigenvalue weighted by Gasteiger charge is -2.39. The molecule has 1 fully saturated rings. The van der Waals surface area contributed by atoms with Crippen LogP contribution in [0.4, 0.5) is 0 Å². The van der Waals surface area contributed by atoms with Crippen LogP contribution in [0, 0.1) is 11.8 Å². The van der Waals surface area contributed by atoms with E-state index >= 15 is 0 Å². The zero-order valence-electron chi connectivity index (χ0n) is 13.6. The molecule has 0 spiro atoms. The van der Waals surface area contributed by atoms with Crippen molar-refractivity contribution in [2.24, 2.45) is 11.8 Å². The average molecular weight is 269 g/mol. The van der Waals surface area contributed by atoms with Gasteiger partial charge in [-0.25, -0.2) is 0 Å². The molecule has 0 aromatic carbocycles. The minimum Gasteiger partial charge on any atom is -0.376 e. The van der Waals surface area contributed by atoms with Crippen LogP contribution in [-0.2, 0) is 4.74 Å². The molecule has 4 unspecified atom stereocenters. The Morgan fingerprint density at radius 3 is 2.42 bits per heavy atom. The molecule has 0 aliphatic heterocycles. The topological polar surface area (TPSA) is 21.3 Å². The zero-order valence-corrected chi connectivity index (χ0v) is 13.6. The summed E-state index contributed by atoms with van der Waals surface area (Å²) in [6, 6.07) is 0.569. The molecule has 0 aromatic heterocycles. The third-order valence-corrected chi connectivity index (χ3v) is 4.41. The van der Waals surface area contributed by atoms with Crippen LogP contribution in [0.15, 0.2) is 0 Å². The predicted molar refractivity (Wildman–Crippen MR) is 83.5 cm³/mol. The third kappa shape index (κ3) is 6.27. The lowest BCUT2D eigenvalue weighted by atomic mass is 9.78. The minimum atomic E-state index is 0.433. The highest BCUT2D eigenvalue weighted by molar-refractivity contribution is 4.88. The summed E-state index contributed by atoms with van der Waals surface area (Å²) in [6.45, 7) is 11.2. The van der Waals surface area contributed by atoms with Gasteiger partial charge in [0.2, 0.25) is 0 Å². The first-order valence-corrected chi connectivity index (χ1v) is 8.54. The third-order valence-electron chi connectivity index (χ3n) is 4.41. The van der Waals surface area contributed by atoms with Crippen molar-refractivity contribution in [3.63, 3.8) is 0 Å². The summed E-state index contributed by atoms with van der Waals surface area (Å²) in [5, 5.41) is 3.63. The molecule has 1 aliphatic rings.